The number of nitriles is 1. The van der Waals surface area contributed by atoms with Crippen molar-refractivity contribution in [3.05, 3.63) is 88.6 Å². The van der Waals surface area contributed by atoms with Gasteiger partial charge >= 0.3 is 0 Å². The number of halogens is 1. The maximum absolute atomic E-state index is 14.6. The summed E-state index contributed by atoms with van der Waals surface area (Å²) in [5.74, 6) is -0.337. The second kappa shape index (κ2) is 8.50. The summed E-state index contributed by atoms with van der Waals surface area (Å²) < 4.78 is 22.7. The molecule has 0 atom stereocenters. The fourth-order valence-electron chi connectivity index (χ4n) is 3.94. The number of rotatable bonds is 4. The Morgan fingerprint density at radius 2 is 1.94 bits per heavy atom. The number of nitrogens with zero attached hydrogens (tertiary/aromatic N) is 6. The monoisotopic (exact) mass is 466 g/mol. The van der Waals surface area contributed by atoms with E-state index in [4.69, 9.17) is 9.72 Å². The third-order valence-corrected chi connectivity index (χ3v) is 5.65. The van der Waals surface area contributed by atoms with Gasteiger partial charge in [0, 0.05) is 42.3 Å². The first kappa shape index (κ1) is 22.0. The standard InChI is InChI=1S/C26H19FN6O2/c1-15-4-5-17(12-29-15)19-8-16(11-28)9-20-24(19)31-25(22-13-32(2)14-30-22)33(26(20)34)18-6-7-23(35-3)21(27)10-18/h4-10,12-14H,1-3H3. The summed E-state index contributed by atoms with van der Waals surface area (Å²) in [6, 6.07) is 13.2. The number of ether oxygens (including phenoxy) is 1. The van der Waals surface area contributed by atoms with Gasteiger partial charge in [0.25, 0.3) is 5.56 Å². The predicted octanol–water partition coefficient (Wildman–Crippen LogP) is 4.18. The van der Waals surface area contributed by atoms with E-state index in [1.54, 1.807) is 42.5 Å². The molecule has 0 aliphatic carbocycles. The minimum absolute atomic E-state index is 0.0517. The lowest BCUT2D eigenvalue weighted by molar-refractivity contribution is 0.386. The third kappa shape index (κ3) is 3.81. The number of methoxy groups -OCH3 is 1. The van der Waals surface area contributed by atoms with Gasteiger partial charge in [0.15, 0.2) is 17.4 Å². The van der Waals surface area contributed by atoms with Crippen LogP contribution in [0.15, 0.2) is 66.0 Å². The molecule has 172 valence electrons. The number of aromatic nitrogens is 5. The van der Waals surface area contributed by atoms with Crippen LogP contribution in [0.3, 0.4) is 0 Å². The summed E-state index contributed by atoms with van der Waals surface area (Å²) >= 11 is 0. The van der Waals surface area contributed by atoms with E-state index in [0.29, 0.717) is 27.9 Å². The van der Waals surface area contributed by atoms with Gasteiger partial charge in [0.05, 0.1) is 41.7 Å². The molecule has 0 fully saturated rings. The first-order valence-electron chi connectivity index (χ1n) is 10.7. The van der Waals surface area contributed by atoms with Crippen LogP contribution in [0.5, 0.6) is 5.75 Å². The minimum Gasteiger partial charge on any atom is -0.494 e. The highest BCUT2D eigenvalue weighted by Crippen LogP contribution is 2.30. The number of aryl methyl sites for hydroxylation is 2. The van der Waals surface area contributed by atoms with E-state index >= 15 is 0 Å². The van der Waals surface area contributed by atoms with E-state index < -0.39 is 11.4 Å². The Hall–Kier alpha value is -4.84. The van der Waals surface area contributed by atoms with Crippen LogP contribution >= 0.6 is 0 Å². The number of imidazole rings is 1. The molecule has 0 unspecified atom stereocenters. The molecular formula is C26H19FN6O2. The van der Waals surface area contributed by atoms with Gasteiger partial charge in [-0.2, -0.15) is 5.26 Å². The molecule has 0 aliphatic rings. The molecule has 35 heavy (non-hydrogen) atoms. The average molecular weight is 466 g/mol. The lowest BCUT2D eigenvalue weighted by atomic mass is 10.0. The number of benzene rings is 2. The quantitative estimate of drug-likeness (QED) is 0.394. The van der Waals surface area contributed by atoms with Gasteiger partial charge in [0.1, 0.15) is 5.69 Å². The van der Waals surface area contributed by atoms with E-state index in [-0.39, 0.29) is 22.6 Å². The van der Waals surface area contributed by atoms with Gasteiger partial charge in [-0.1, -0.05) is 6.07 Å². The molecule has 2 aromatic carbocycles. The Morgan fingerprint density at radius 1 is 1.11 bits per heavy atom. The number of hydrogen-bond donors (Lipinski definition) is 0. The SMILES string of the molecule is COc1ccc(-n2c(-c3cn(C)cn3)nc3c(-c4ccc(C)nc4)cc(C#N)cc3c2=O)cc1F. The van der Waals surface area contributed by atoms with Crippen molar-refractivity contribution in [2.24, 2.45) is 7.05 Å². The number of pyridine rings is 1. The summed E-state index contributed by atoms with van der Waals surface area (Å²) in [6.07, 6.45) is 4.99. The fraction of sp³-hybridized carbons (Fsp3) is 0.115. The van der Waals surface area contributed by atoms with Crippen molar-refractivity contribution in [2.45, 2.75) is 6.92 Å². The highest BCUT2D eigenvalue weighted by Gasteiger charge is 2.20. The van der Waals surface area contributed by atoms with E-state index in [1.807, 2.05) is 19.1 Å². The molecule has 3 aromatic heterocycles. The summed E-state index contributed by atoms with van der Waals surface area (Å²) in [6.45, 7) is 1.87. The summed E-state index contributed by atoms with van der Waals surface area (Å²) in [4.78, 5) is 27.5. The zero-order chi connectivity index (χ0) is 24.7. The molecule has 0 radical (unpaired) electrons. The molecule has 0 amide bonds. The Balaban J connectivity index is 1.91. The topological polar surface area (TPSA) is 98.6 Å². The molecule has 5 rings (SSSR count). The van der Waals surface area contributed by atoms with Crippen molar-refractivity contribution in [2.75, 3.05) is 7.11 Å². The Morgan fingerprint density at radius 3 is 2.57 bits per heavy atom. The summed E-state index contributed by atoms with van der Waals surface area (Å²) in [5, 5.41) is 9.87. The van der Waals surface area contributed by atoms with Crippen LogP contribution in [0.25, 0.3) is 39.2 Å². The van der Waals surface area contributed by atoms with Crippen molar-refractivity contribution in [3.63, 3.8) is 0 Å². The van der Waals surface area contributed by atoms with Gasteiger partial charge in [-0.3, -0.25) is 14.3 Å². The average Bonchev–Trinajstić information content (AvgIpc) is 3.30. The van der Waals surface area contributed by atoms with Crippen LogP contribution in [-0.4, -0.2) is 31.2 Å². The molecule has 8 nitrogen and oxygen atoms in total. The van der Waals surface area contributed by atoms with Crippen molar-refractivity contribution < 1.29 is 9.13 Å². The highest BCUT2D eigenvalue weighted by molar-refractivity contribution is 5.95. The van der Waals surface area contributed by atoms with Gasteiger partial charge < -0.3 is 9.30 Å². The van der Waals surface area contributed by atoms with E-state index in [1.165, 1.54) is 29.9 Å². The van der Waals surface area contributed by atoms with E-state index in [2.05, 4.69) is 16.0 Å². The van der Waals surface area contributed by atoms with Crippen LogP contribution in [-0.2, 0) is 7.05 Å². The second-order valence-corrected chi connectivity index (χ2v) is 8.04. The highest BCUT2D eigenvalue weighted by atomic mass is 19.1. The van der Waals surface area contributed by atoms with Gasteiger partial charge in [-0.05, 0) is 37.3 Å². The molecule has 5 aromatic rings. The summed E-state index contributed by atoms with van der Waals surface area (Å²) in [7, 11) is 3.17. The molecule has 0 saturated heterocycles. The molecular weight excluding hydrogens is 447 g/mol. The maximum Gasteiger partial charge on any atom is 0.266 e. The van der Waals surface area contributed by atoms with Crippen LogP contribution in [0, 0.1) is 24.1 Å². The number of fused-ring (bicyclic) bond motifs is 1. The van der Waals surface area contributed by atoms with Crippen LogP contribution in [0.2, 0.25) is 0 Å². The third-order valence-electron chi connectivity index (χ3n) is 5.65. The smallest absolute Gasteiger partial charge is 0.266 e. The van der Waals surface area contributed by atoms with Gasteiger partial charge in [0.2, 0.25) is 0 Å². The van der Waals surface area contributed by atoms with Crippen molar-refractivity contribution >= 4 is 10.9 Å². The van der Waals surface area contributed by atoms with E-state index in [0.717, 1.165) is 5.69 Å². The predicted molar refractivity (Wildman–Crippen MR) is 129 cm³/mol. The molecule has 0 spiro atoms. The molecule has 0 bridgehead atoms. The van der Waals surface area contributed by atoms with Gasteiger partial charge in [-0.25, -0.2) is 14.4 Å². The summed E-state index contributed by atoms with van der Waals surface area (Å²) in [5.41, 5.74) is 3.05. The van der Waals surface area contributed by atoms with Crippen molar-refractivity contribution in [1.29, 1.82) is 5.26 Å². The first-order valence-corrected chi connectivity index (χ1v) is 10.7. The molecule has 3 heterocycles. The lowest BCUT2D eigenvalue weighted by Crippen LogP contribution is -2.22. The maximum atomic E-state index is 14.6. The molecule has 9 heteroatoms. The van der Waals surface area contributed by atoms with Crippen molar-refractivity contribution in [1.82, 2.24) is 24.1 Å². The number of hydrogen-bond acceptors (Lipinski definition) is 6. The lowest BCUT2D eigenvalue weighted by Gasteiger charge is -2.15. The Kier molecular flexibility index (Phi) is 5.34. The normalized spacial score (nSPS) is 10.9. The molecule has 0 aliphatic heterocycles. The van der Waals surface area contributed by atoms with Crippen LogP contribution in [0.1, 0.15) is 11.3 Å². The van der Waals surface area contributed by atoms with Gasteiger partial charge in [-0.15, -0.1) is 0 Å². The minimum atomic E-state index is -0.624. The van der Waals surface area contributed by atoms with Crippen LogP contribution < -0.4 is 10.3 Å². The van der Waals surface area contributed by atoms with Crippen LogP contribution in [0.4, 0.5) is 4.39 Å². The Bertz CT molecular complexity index is 1700. The largest absolute Gasteiger partial charge is 0.494 e. The Labute approximate surface area is 199 Å². The zero-order valence-corrected chi connectivity index (χ0v) is 19.2. The second-order valence-electron chi connectivity index (χ2n) is 8.04. The first-order chi connectivity index (χ1) is 16.9. The van der Waals surface area contributed by atoms with Crippen molar-refractivity contribution in [3.8, 4) is 40.2 Å². The molecule has 0 N–H and O–H groups in total. The van der Waals surface area contributed by atoms with E-state index in [9.17, 15) is 14.4 Å². The zero-order valence-electron chi connectivity index (χ0n) is 19.2. The molecule has 0 saturated carbocycles. The fourth-order valence-corrected chi connectivity index (χ4v) is 3.94.